The van der Waals surface area contributed by atoms with E-state index in [0.29, 0.717) is 53.9 Å². The summed E-state index contributed by atoms with van der Waals surface area (Å²) in [5.41, 5.74) is 2.88. The predicted molar refractivity (Wildman–Crippen MR) is 125 cm³/mol. The van der Waals surface area contributed by atoms with Crippen LogP contribution in [0.4, 0.5) is 10.2 Å². The van der Waals surface area contributed by atoms with Gasteiger partial charge in [-0.2, -0.15) is 10.2 Å². The molecule has 3 heterocycles. The Bertz CT molecular complexity index is 1470. The predicted octanol–water partition coefficient (Wildman–Crippen LogP) is 4.30. The van der Waals surface area contributed by atoms with Gasteiger partial charge in [0.15, 0.2) is 17.0 Å². The van der Waals surface area contributed by atoms with Crippen LogP contribution in [0.3, 0.4) is 0 Å². The number of nitrogens with zero attached hydrogens (tertiary/aromatic N) is 5. The Morgan fingerprint density at radius 3 is 2.79 bits per heavy atom. The number of anilines is 1. The van der Waals surface area contributed by atoms with Crippen LogP contribution in [0.15, 0.2) is 36.4 Å². The highest BCUT2D eigenvalue weighted by atomic mass is 19.1. The quantitative estimate of drug-likeness (QED) is 0.459. The van der Waals surface area contributed by atoms with Gasteiger partial charge in [0, 0.05) is 17.7 Å². The number of ether oxygens (including phenoxy) is 1. The molecule has 34 heavy (non-hydrogen) atoms. The lowest BCUT2D eigenvalue weighted by atomic mass is 9.98. The molecule has 0 spiro atoms. The monoisotopic (exact) mass is 458 g/mol. The molecule has 0 aliphatic carbocycles. The number of benzene rings is 2. The van der Waals surface area contributed by atoms with E-state index in [9.17, 15) is 9.50 Å². The van der Waals surface area contributed by atoms with E-state index in [0.717, 1.165) is 11.2 Å². The fourth-order valence-electron chi connectivity index (χ4n) is 4.20. The van der Waals surface area contributed by atoms with Crippen LogP contribution in [-0.4, -0.2) is 37.8 Å². The van der Waals surface area contributed by atoms with Gasteiger partial charge in [-0.05, 0) is 63.1 Å². The van der Waals surface area contributed by atoms with Crippen molar-refractivity contribution in [3.8, 4) is 29.0 Å². The lowest BCUT2D eigenvalue weighted by Gasteiger charge is -2.18. The Morgan fingerprint density at radius 2 is 2.00 bits per heavy atom. The summed E-state index contributed by atoms with van der Waals surface area (Å²) in [6.07, 6.45) is 0.590. The van der Waals surface area contributed by atoms with E-state index in [1.807, 2.05) is 17.6 Å². The van der Waals surface area contributed by atoms with E-state index in [2.05, 4.69) is 34.1 Å². The maximum Gasteiger partial charge on any atom is 0.299 e. The van der Waals surface area contributed by atoms with Gasteiger partial charge in [-0.1, -0.05) is 6.07 Å². The van der Waals surface area contributed by atoms with Gasteiger partial charge in [0.05, 0.1) is 17.2 Å². The average molecular weight is 458 g/mol. The molecule has 2 aromatic carbocycles. The minimum Gasteiger partial charge on any atom is -0.507 e. The van der Waals surface area contributed by atoms with Crippen molar-refractivity contribution in [2.45, 2.75) is 32.7 Å². The van der Waals surface area contributed by atoms with Gasteiger partial charge in [0.25, 0.3) is 6.01 Å². The number of hydrogen-bond donors (Lipinski definition) is 2. The van der Waals surface area contributed by atoms with Crippen LogP contribution in [0.1, 0.15) is 30.8 Å². The van der Waals surface area contributed by atoms with Crippen molar-refractivity contribution in [2.24, 2.45) is 0 Å². The smallest absolute Gasteiger partial charge is 0.299 e. The molecule has 8 nitrogen and oxygen atoms in total. The summed E-state index contributed by atoms with van der Waals surface area (Å²) in [4.78, 5) is 13.7. The minimum atomic E-state index is -0.499. The number of phenols is 1. The van der Waals surface area contributed by atoms with E-state index in [1.165, 1.54) is 24.3 Å². The summed E-state index contributed by atoms with van der Waals surface area (Å²) in [7, 11) is 0. The molecule has 0 radical (unpaired) electrons. The van der Waals surface area contributed by atoms with Crippen molar-refractivity contribution in [1.29, 1.82) is 5.26 Å². The molecule has 0 fully saturated rings. The number of phenolic OH excluding ortho intramolecular Hbond substituents is 1. The van der Waals surface area contributed by atoms with Crippen LogP contribution in [-0.2, 0) is 12.0 Å². The number of rotatable bonds is 5. The number of nitrogens with one attached hydrogen (secondary N) is 1. The maximum atomic E-state index is 14.4. The molecule has 0 bridgehead atoms. The molecule has 9 heteroatoms. The molecule has 5 rings (SSSR count). The van der Waals surface area contributed by atoms with E-state index in [4.69, 9.17) is 10.00 Å². The van der Waals surface area contributed by atoms with Crippen LogP contribution in [0.2, 0.25) is 0 Å². The summed E-state index contributed by atoms with van der Waals surface area (Å²) in [5, 5.41) is 22.8. The summed E-state index contributed by atoms with van der Waals surface area (Å²) in [5.74, 6) is 0.700. The molecule has 172 valence electrons. The number of aromatic hydroxyl groups is 1. The first-order valence-electron chi connectivity index (χ1n) is 10.9. The third-order valence-corrected chi connectivity index (χ3v) is 5.90. The van der Waals surface area contributed by atoms with E-state index in [-0.39, 0.29) is 16.9 Å². The topological polar surface area (TPSA) is 109 Å². The molecule has 0 amide bonds. The van der Waals surface area contributed by atoms with Crippen LogP contribution < -0.4 is 10.1 Å². The molecule has 4 aromatic rings. The standard InChI is InChI=1S/C25H23FN6O2/c1-14-29-22(21-23(30-14)32-24(31-21)34-13-25(32,2)3)28-9-8-15-5-7-20(33)18(10-15)17-11-16(12-27)4-6-19(17)26/h4-7,10-11,33H,8-9,13H2,1-3H3,(H,28,29,30). The van der Waals surface area contributed by atoms with Crippen LogP contribution in [0, 0.1) is 24.1 Å². The highest BCUT2D eigenvalue weighted by Gasteiger charge is 2.35. The summed E-state index contributed by atoms with van der Waals surface area (Å²) >= 11 is 0. The van der Waals surface area contributed by atoms with Crippen molar-refractivity contribution in [2.75, 3.05) is 18.5 Å². The van der Waals surface area contributed by atoms with Gasteiger partial charge in [0.1, 0.15) is 24.0 Å². The van der Waals surface area contributed by atoms with Crippen LogP contribution in [0.5, 0.6) is 11.8 Å². The van der Waals surface area contributed by atoms with Crippen molar-refractivity contribution < 1.29 is 14.2 Å². The van der Waals surface area contributed by atoms with Crippen LogP contribution in [0.25, 0.3) is 22.3 Å². The lowest BCUT2D eigenvalue weighted by molar-refractivity contribution is 0.268. The van der Waals surface area contributed by atoms with E-state index >= 15 is 0 Å². The number of nitriles is 1. The van der Waals surface area contributed by atoms with Crippen molar-refractivity contribution in [3.05, 3.63) is 59.2 Å². The van der Waals surface area contributed by atoms with Gasteiger partial charge >= 0.3 is 0 Å². The Balaban J connectivity index is 1.40. The molecular formula is C25H23FN6O2. The first-order chi connectivity index (χ1) is 16.3. The van der Waals surface area contributed by atoms with E-state index in [1.54, 1.807) is 12.1 Å². The van der Waals surface area contributed by atoms with Crippen molar-refractivity contribution in [1.82, 2.24) is 19.5 Å². The number of imidazole rings is 1. The molecule has 0 unspecified atom stereocenters. The Hall–Kier alpha value is -4.19. The van der Waals surface area contributed by atoms with Gasteiger partial charge in [-0.25, -0.2) is 14.4 Å². The van der Waals surface area contributed by atoms with Crippen molar-refractivity contribution >= 4 is 17.0 Å². The number of hydrogen-bond acceptors (Lipinski definition) is 7. The van der Waals surface area contributed by atoms with Gasteiger partial charge in [0.2, 0.25) is 0 Å². The Labute approximate surface area is 195 Å². The third-order valence-electron chi connectivity index (χ3n) is 5.90. The molecule has 0 atom stereocenters. The minimum absolute atomic E-state index is 0.0472. The number of aromatic nitrogens is 4. The van der Waals surface area contributed by atoms with Gasteiger partial charge in [-0.15, -0.1) is 0 Å². The Kier molecular flexibility index (Phi) is 5.09. The zero-order chi connectivity index (χ0) is 24.0. The Morgan fingerprint density at radius 1 is 1.18 bits per heavy atom. The summed E-state index contributed by atoms with van der Waals surface area (Å²) < 4.78 is 22.2. The highest BCUT2D eigenvalue weighted by molar-refractivity contribution is 5.84. The molecule has 0 saturated carbocycles. The highest BCUT2D eigenvalue weighted by Crippen LogP contribution is 2.36. The van der Waals surface area contributed by atoms with Crippen molar-refractivity contribution in [3.63, 3.8) is 0 Å². The number of aryl methyl sites for hydroxylation is 1. The second-order valence-electron chi connectivity index (χ2n) is 8.96. The largest absolute Gasteiger partial charge is 0.507 e. The second-order valence-corrected chi connectivity index (χ2v) is 8.96. The SMILES string of the molecule is Cc1nc(NCCc2ccc(O)c(-c3cc(C#N)ccc3F)c2)c2nc3n(c2n1)C(C)(C)CO3. The summed E-state index contributed by atoms with van der Waals surface area (Å²) in [6, 6.07) is 11.7. The molecule has 0 saturated heterocycles. The molecular weight excluding hydrogens is 435 g/mol. The fraction of sp³-hybridized carbons (Fsp3) is 0.280. The molecule has 2 aromatic heterocycles. The second kappa shape index (κ2) is 7.99. The van der Waals surface area contributed by atoms with E-state index < -0.39 is 5.82 Å². The van der Waals surface area contributed by atoms with Gasteiger partial charge in [-0.3, -0.25) is 4.57 Å². The first-order valence-corrected chi connectivity index (χ1v) is 10.9. The molecule has 1 aliphatic heterocycles. The lowest BCUT2D eigenvalue weighted by Crippen LogP contribution is -2.26. The summed E-state index contributed by atoms with van der Waals surface area (Å²) in [6.45, 7) is 7.06. The zero-order valence-electron chi connectivity index (χ0n) is 19.1. The first kappa shape index (κ1) is 21.6. The maximum absolute atomic E-state index is 14.4. The zero-order valence-corrected chi connectivity index (χ0v) is 19.1. The molecule has 1 aliphatic rings. The normalized spacial score (nSPS) is 14.0. The van der Waals surface area contributed by atoms with Crippen LogP contribution >= 0.6 is 0 Å². The number of halogens is 1. The molecule has 2 N–H and O–H groups in total. The average Bonchev–Trinajstić information content (AvgIpc) is 3.32. The van der Waals surface area contributed by atoms with Gasteiger partial charge < -0.3 is 15.2 Å². The third kappa shape index (κ3) is 3.67. The fourth-order valence-corrected chi connectivity index (χ4v) is 4.20. The number of fused-ring (bicyclic) bond motifs is 3.